The monoisotopic (exact) mass is 642 g/mol. The molecular weight excluding hydrogens is 568 g/mol. The fourth-order valence-electron chi connectivity index (χ4n) is 3.72. The van der Waals surface area contributed by atoms with Gasteiger partial charge in [-0.1, -0.05) is 104 Å². The van der Waals surface area contributed by atoms with Crippen molar-refractivity contribution in [3.05, 3.63) is 41.5 Å². The summed E-state index contributed by atoms with van der Waals surface area (Å²) in [6, 6.07) is 6.49. The second-order valence-electron chi connectivity index (χ2n) is 12.1. The van der Waals surface area contributed by atoms with Crippen molar-refractivity contribution in [1.29, 1.82) is 0 Å². The van der Waals surface area contributed by atoms with Gasteiger partial charge in [0.15, 0.2) is 0 Å². The number of halogens is 2. The summed E-state index contributed by atoms with van der Waals surface area (Å²) in [6.45, 7) is 27.3. The third-order valence-corrected chi connectivity index (χ3v) is 7.44. The van der Waals surface area contributed by atoms with Crippen molar-refractivity contribution in [2.75, 3.05) is 26.9 Å². The summed E-state index contributed by atoms with van der Waals surface area (Å²) < 4.78 is 39.9. The number of nitrogens with zero attached hydrogens (tertiary/aromatic N) is 1. The standard InChI is InChI=1S/C11H24O.C10H19N.C9H10F2O.C9H20O/c1-4-7-8-9-11(6-3)12-10-5-2;1-6-8(2)9(3)7-10(4)11-5;1-7-3-5-8(6-4-7)12-9(2,10)11;1-4-7-10-8-6-9(3)5-2/h11H,4-10H2,1-3H3;7-8H,6H2,1-5H3;3-6H,1-2H3;9H,4-8H2,1-3H3/b;9-7-,11-10?;;. The van der Waals surface area contributed by atoms with Crippen molar-refractivity contribution in [2.24, 2.45) is 16.8 Å². The zero-order chi connectivity index (χ0) is 35.1. The maximum absolute atomic E-state index is 12.3. The second-order valence-corrected chi connectivity index (χ2v) is 12.1. The third kappa shape index (κ3) is 34.9. The van der Waals surface area contributed by atoms with Crippen LogP contribution in [0.3, 0.4) is 0 Å². The van der Waals surface area contributed by atoms with Crippen LogP contribution >= 0.6 is 0 Å². The molecule has 0 spiro atoms. The van der Waals surface area contributed by atoms with Gasteiger partial charge in [0.2, 0.25) is 0 Å². The maximum Gasteiger partial charge on any atom is 0.394 e. The molecule has 0 N–H and O–H groups in total. The highest BCUT2D eigenvalue weighted by Gasteiger charge is 2.22. The first-order chi connectivity index (χ1) is 21.2. The van der Waals surface area contributed by atoms with Crippen LogP contribution in [0.4, 0.5) is 8.78 Å². The lowest BCUT2D eigenvalue weighted by Crippen LogP contribution is -2.18. The van der Waals surface area contributed by atoms with E-state index < -0.39 is 6.11 Å². The number of allylic oxidation sites excluding steroid dienone is 2. The average Bonchev–Trinajstić information content (AvgIpc) is 3.01. The molecule has 0 radical (unpaired) electrons. The molecule has 0 aliphatic heterocycles. The lowest BCUT2D eigenvalue weighted by Gasteiger charge is -2.14. The summed E-state index contributed by atoms with van der Waals surface area (Å²) in [4.78, 5) is 4.09. The van der Waals surface area contributed by atoms with E-state index in [1.54, 1.807) is 12.1 Å². The molecule has 0 bridgehead atoms. The first-order valence-corrected chi connectivity index (χ1v) is 17.7. The van der Waals surface area contributed by atoms with E-state index in [4.69, 9.17) is 9.47 Å². The molecule has 1 aromatic carbocycles. The van der Waals surface area contributed by atoms with Gasteiger partial charge < -0.3 is 14.2 Å². The Morgan fingerprint density at radius 3 is 1.87 bits per heavy atom. The second kappa shape index (κ2) is 32.2. The normalized spacial score (nSPS) is 13.7. The summed E-state index contributed by atoms with van der Waals surface area (Å²) in [5.41, 5.74) is 3.56. The number of aliphatic imine (C=N–C) groups is 1. The summed E-state index contributed by atoms with van der Waals surface area (Å²) in [5, 5.41) is 0. The topological polar surface area (TPSA) is 40.0 Å². The van der Waals surface area contributed by atoms with Gasteiger partial charge in [-0.05, 0) is 89.3 Å². The highest BCUT2D eigenvalue weighted by atomic mass is 19.3. The number of hydrogen-bond donors (Lipinski definition) is 0. The Morgan fingerprint density at radius 2 is 1.42 bits per heavy atom. The van der Waals surface area contributed by atoms with Gasteiger partial charge in [0.05, 0.1) is 6.10 Å². The van der Waals surface area contributed by atoms with Gasteiger partial charge in [-0.3, -0.25) is 4.99 Å². The molecule has 1 aromatic rings. The highest BCUT2D eigenvalue weighted by molar-refractivity contribution is 5.93. The number of rotatable bonds is 19. The van der Waals surface area contributed by atoms with Crippen LogP contribution in [0, 0.1) is 18.8 Å². The highest BCUT2D eigenvalue weighted by Crippen LogP contribution is 2.20. The lowest BCUT2D eigenvalue weighted by molar-refractivity contribution is -0.158. The van der Waals surface area contributed by atoms with E-state index in [9.17, 15) is 8.78 Å². The van der Waals surface area contributed by atoms with Crippen molar-refractivity contribution in [2.45, 2.75) is 160 Å². The predicted octanol–water partition coefficient (Wildman–Crippen LogP) is 12.7. The molecule has 0 amide bonds. The molecule has 266 valence electrons. The molecule has 4 nitrogen and oxygen atoms in total. The minimum atomic E-state index is -3.10. The Balaban J connectivity index is -0.000000524. The van der Waals surface area contributed by atoms with Crippen LogP contribution in [-0.4, -0.2) is 44.8 Å². The van der Waals surface area contributed by atoms with Crippen LogP contribution < -0.4 is 4.74 Å². The zero-order valence-electron chi connectivity index (χ0n) is 31.7. The van der Waals surface area contributed by atoms with Crippen molar-refractivity contribution in [3.8, 4) is 5.75 Å². The van der Waals surface area contributed by atoms with Gasteiger partial charge in [-0.15, -0.1) is 0 Å². The molecule has 0 heterocycles. The summed E-state index contributed by atoms with van der Waals surface area (Å²) in [6.07, 6.45) is 12.0. The van der Waals surface area contributed by atoms with Crippen molar-refractivity contribution < 1.29 is 23.0 Å². The third-order valence-electron chi connectivity index (χ3n) is 7.44. The Hall–Kier alpha value is -1.79. The predicted molar refractivity (Wildman–Crippen MR) is 194 cm³/mol. The van der Waals surface area contributed by atoms with Gasteiger partial charge in [-0.2, -0.15) is 8.78 Å². The van der Waals surface area contributed by atoms with Crippen LogP contribution in [-0.2, 0) is 9.47 Å². The van der Waals surface area contributed by atoms with Gasteiger partial charge >= 0.3 is 6.11 Å². The smallest absolute Gasteiger partial charge is 0.394 e. The van der Waals surface area contributed by atoms with Crippen LogP contribution in [0.25, 0.3) is 0 Å². The largest absolute Gasteiger partial charge is 0.433 e. The first kappa shape index (κ1) is 47.6. The molecule has 3 unspecified atom stereocenters. The van der Waals surface area contributed by atoms with Crippen LogP contribution in [0.1, 0.15) is 146 Å². The fraction of sp³-hybridized carbons (Fsp3) is 0.769. The zero-order valence-corrected chi connectivity index (χ0v) is 31.7. The van der Waals surface area contributed by atoms with Crippen LogP contribution in [0.5, 0.6) is 5.75 Å². The van der Waals surface area contributed by atoms with Crippen molar-refractivity contribution >= 4 is 5.71 Å². The SMILES string of the molecule is CCC(C)/C(C)=C\C(C)=NC.CCCCCC(CC)OCCC.CCCOCCC(C)CC.Cc1ccc(OC(C)(F)F)cc1. The Labute approximate surface area is 278 Å². The number of unbranched alkanes of at least 4 members (excludes halogenated alkanes) is 2. The molecule has 0 aliphatic rings. The van der Waals surface area contributed by atoms with E-state index in [0.29, 0.717) is 18.9 Å². The van der Waals surface area contributed by atoms with E-state index in [1.165, 1.54) is 69.1 Å². The Morgan fingerprint density at radius 1 is 0.822 bits per heavy atom. The van der Waals surface area contributed by atoms with Gasteiger partial charge in [-0.25, -0.2) is 0 Å². The first-order valence-electron chi connectivity index (χ1n) is 17.7. The average molecular weight is 642 g/mol. The molecule has 45 heavy (non-hydrogen) atoms. The summed E-state index contributed by atoms with van der Waals surface area (Å²) in [5.74, 6) is 1.71. The molecule has 0 aromatic heterocycles. The minimum Gasteiger partial charge on any atom is -0.433 e. The van der Waals surface area contributed by atoms with E-state index in [2.05, 4.69) is 78.1 Å². The Kier molecular flexibility index (Phi) is 34.0. The quantitative estimate of drug-likeness (QED) is 0.111. The van der Waals surface area contributed by atoms with Crippen molar-refractivity contribution in [1.82, 2.24) is 0 Å². The van der Waals surface area contributed by atoms with E-state index in [0.717, 1.165) is 49.9 Å². The number of benzene rings is 1. The van der Waals surface area contributed by atoms with E-state index in [1.807, 2.05) is 20.9 Å². The van der Waals surface area contributed by atoms with Gasteiger partial charge in [0.25, 0.3) is 0 Å². The fourth-order valence-corrected chi connectivity index (χ4v) is 3.72. The number of hydrogen-bond acceptors (Lipinski definition) is 4. The molecule has 0 saturated carbocycles. The molecule has 3 atom stereocenters. The Bertz CT molecular complexity index is 819. The molecular formula is C39H73F2NO3. The van der Waals surface area contributed by atoms with Gasteiger partial charge in [0.1, 0.15) is 5.75 Å². The molecule has 0 fully saturated rings. The molecule has 0 aliphatic carbocycles. The number of alkyl halides is 2. The minimum absolute atomic E-state index is 0.188. The van der Waals surface area contributed by atoms with E-state index in [-0.39, 0.29) is 5.75 Å². The number of ether oxygens (including phenoxy) is 3. The summed E-state index contributed by atoms with van der Waals surface area (Å²) in [7, 11) is 1.83. The summed E-state index contributed by atoms with van der Waals surface area (Å²) >= 11 is 0. The number of aryl methyl sites for hydroxylation is 1. The van der Waals surface area contributed by atoms with Crippen LogP contribution in [0.15, 0.2) is 40.9 Å². The van der Waals surface area contributed by atoms with Crippen molar-refractivity contribution in [3.63, 3.8) is 0 Å². The van der Waals surface area contributed by atoms with E-state index >= 15 is 0 Å². The maximum atomic E-state index is 12.3. The molecule has 0 saturated heterocycles. The lowest BCUT2D eigenvalue weighted by atomic mass is 9.99. The van der Waals surface area contributed by atoms with Gasteiger partial charge in [0, 0.05) is 39.5 Å². The molecule has 1 rings (SSSR count). The molecule has 6 heteroatoms. The van der Waals surface area contributed by atoms with Crippen LogP contribution in [0.2, 0.25) is 0 Å².